The number of nitrogens with one attached hydrogen (secondary N) is 2. The second-order valence-corrected chi connectivity index (χ2v) is 5.71. The molecule has 0 spiro atoms. The van der Waals surface area contributed by atoms with E-state index in [0.717, 1.165) is 16.7 Å². The molecule has 7 nitrogen and oxygen atoms in total. The van der Waals surface area contributed by atoms with Crippen molar-refractivity contribution in [2.75, 3.05) is 11.5 Å². The van der Waals surface area contributed by atoms with E-state index in [1.165, 1.54) is 11.8 Å². The van der Waals surface area contributed by atoms with Crippen LogP contribution in [0.25, 0.3) is 11.0 Å². The van der Waals surface area contributed by atoms with E-state index in [1.54, 1.807) is 0 Å². The van der Waals surface area contributed by atoms with Crippen LogP contribution in [-0.4, -0.2) is 26.8 Å². The van der Waals surface area contributed by atoms with E-state index >= 15 is 0 Å². The molecular weight excluding hydrogens is 302 g/mol. The van der Waals surface area contributed by atoms with Gasteiger partial charge in [0.1, 0.15) is 11.3 Å². The Morgan fingerprint density at radius 3 is 3.05 bits per heavy atom. The van der Waals surface area contributed by atoms with Crippen molar-refractivity contribution in [2.24, 2.45) is 0 Å². The number of nitrogens with two attached hydrogens (primary N) is 1. The van der Waals surface area contributed by atoms with Crippen LogP contribution in [0.3, 0.4) is 0 Å². The van der Waals surface area contributed by atoms with Gasteiger partial charge in [0.05, 0.1) is 11.8 Å². The number of H-pyrrole nitrogens is 1. The molecular formula is C14H15N5O2S. The lowest BCUT2D eigenvalue weighted by atomic mass is 10.2. The fourth-order valence-electron chi connectivity index (χ4n) is 2.02. The minimum atomic E-state index is -0.210. The predicted octanol–water partition coefficient (Wildman–Crippen LogP) is 2.10. The topological polar surface area (TPSA) is 110 Å². The van der Waals surface area contributed by atoms with Gasteiger partial charge in [-0.2, -0.15) is 4.98 Å². The number of hydrogen-bond acceptors (Lipinski definition) is 6. The smallest absolute Gasteiger partial charge is 0.231 e. The molecule has 0 saturated heterocycles. The number of anilines is 1. The number of benzene rings is 1. The molecule has 0 aliphatic rings. The number of furan rings is 1. The summed E-state index contributed by atoms with van der Waals surface area (Å²) in [6.07, 6.45) is 0. The lowest BCUT2D eigenvalue weighted by Gasteiger charge is -2.10. The minimum Gasteiger partial charge on any atom is -0.459 e. The molecule has 1 amide bonds. The average molecular weight is 317 g/mol. The third kappa shape index (κ3) is 3.22. The molecule has 8 heteroatoms. The molecule has 0 aliphatic carbocycles. The van der Waals surface area contributed by atoms with Crippen LogP contribution in [0.15, 0.2) is 39.9 Å². The Hall–Kier alpha value is -2.48. The summed E-state index contributed by atoms with van der Waals surface area (Å²) in [5, 5.41) is 10.7. The van der Waals surface area contributed by atoms with E-state index in [-0.39, 0.29) is 23.7 Å². The molecule has 0 radical (unpaired) electrons. The summed E-state index contributed by atoms with van der Waals surface area (Å²) in [6, 6.07) is 9.46. The normalized spacial score (nSPS) is 12.4. The van der Waals surface area contributed by atoms with Gasteiger partial charge < -0.3 is 15.5 Å². The number of hydrogen-bond donors (Lipinski definition) is 3. The highest BCUT2D eigenvalue weighted by Gasteiger charge is 2.15. The second kappa shape index (κ2) is 6.10. The van der Waals surface area contributed by atoms with E-state index < -0.39 is 0 Å². The van der Waals surface area contributed by atoms with Crippen LogP contribution in [0.2, 0.25) is 0 Å². The first kappa shape index (κ1) is 14.5. The summed E-state index contributed by atoms with van der Waals surface area (Å²) in [4.78, 5) is 15.9. The molecule has 4 N–H and O–H groups in total. The van der Waals surface area contributed by atoms with E-state index in [0.29, 0.717) is 5.16 Å². The maximum atomic E-state index is 12.0. The van der Waals surface area contributed by atoms with Gasteiger partial charge in [-0.1, -0.05) is 30.0 Å². The Balaban J connectivity index is 1.58. The number of aromatic nitrogens is 3. The number of fused-ring (bicyclic) bond motifs is 1. The zero-order valence-corrected chi connectivity index (χ0v) is 12.7. The Morgan fingerprint density at radius 1 is 1.50 bits per heavy atom. The van der Waals surface area contributed by atoms with Crippen LogP contribution in [0.5, 0.6) is 0 Å². The van der Waals surface area contributed by atoms with Crippen molar-refractivity contribution in [3.63, 3.8) is 0 Å². The van der Waals surface area contributed by atoms with Crippen molar-refractivity contribution in [1.29, 1.82) is 0 Å². The third-order valence-electron chi connectivity index (χ3n) is 3.06. The SMILES string of the molecule is C[C@H](NC(=O)CSc1n[nH]c(N)n1)c1cc2ccccc2o1. The van der Waals surface area contributed by atoms with Crippen LogP contribution in [0.1, 0.15) is 18.7 Å². The van der Waals surface area contributed by atoms with Crippen molar-refractivity contribution in [3.05, 3.63) is 36.1 Å². The standard InChI is InChI=1S/C14H15N5O2S/c1-8(11-6-9-4-2-3-5-10(9)21-11)16-12(20)7-22-14-17-13(15)18-19-14/h2-6,8H,7H2,1H3,(H,16,20)(H3,15,17,18,19)/t8-/m0/s1. The molecule has 1 aromatic carbocycles. The molecule has 0 fully saturated rings. The number of nitrogens with zero attached hydrogens (tertiary/aromatic N) is 2. The van der Waals surface area contributed by atoms with Gasteiger partial charge in [0.15, 0.2) is 0 Å². The predicted molar refractivity (Wildman–Crippen MR) is 84.3 cm³/mol. The fourth-order valence-corrected chi connectivity index (χ4v) is 2.64. The number of nitrogen functional groups attached to an aromatic ring is 1. The van der Waals surface area contributed by atoms with Gasteiger partial charge in [-0.15, -0.1) is 5.10 Å². The first-order valence-electron chi connectivity index (χ1n) is 6.70. The van der Waals surface area contributed by atoms with Gasteiger partial charge in [0.25, 0.3) is 0 Å². The van der Waals surface area contributed by atoms with Gasteiger partial charge in [-0.25, -0.2) is 5.10 Å². The Labute approximate surface area is 130 Å². The van der Waals surface area contributed by atoms with Crippen molar-refractivity contribution in [2.45, 2.75) is 18.1 Å². The highest BCUT2D eigenvalue weighted by Crippen LogP contribution is 2.23. The Morgan fingerprint density at radius 2 is 2.32 bits per heavy atom. The molecule has 0 saturated carbocycles. The molecule has 0 aliphatic heterocycles. The summed E-state index contributed by atoms with van der Waals surface area (Å²) in [5.41, 5.74) is 6.23. The fraction of sp³-hybridized carbons (Fsp3) is 0.214. The maximum absolute atomic E-state index is 12.0. The van der Waals surface area contributed by atoms with Gasteiger partial charge in [0.2, 0.25) is 17.0 Å². The van der Waals surface area contributed by atoms with Crippen LogP contribution in [-0.2, 0) is 4.79 Å². The van der Waals surface area contributed by atoms with Crippen molar-refractivity contribution < 1.29 is 9.21 Å². The third-order valence-corrected chi connectivity index (χ3v) is 3.91. The Kier molecular flexibility index (Phi) is 4.01. The summed E-state index contributed by atoms with van der Waals surface area (Å²) < 4.78 is 5.73. The maximum Gasteiger partial charge on any atom is 0.231 e. The quantitative estimate of drug-likeness (QED) is 0.622. The molecule has 3 aromatic rings. The van der Waals surface area contributed by atoms with Gasteiger partial charge in [-0.05, 0) is 19.1 Å². The van der Waals surface area contributed by atoms with Crippen molar-refractivity contribution in [1.82, 2.24) is 20.5 Å². The molecule has 22 heavy (non-hydrogen) atoms. The van der Waals surface area contributed by atoms with E-state index in [9.17, 15) is 4.79 Å². The van der Waals surface area contributed by atoms with Crippen molar-refractivity contribution >= 4 is 34.6 Å². The number of para-hydroxylation sites is 1. The Bertz CT molecular complexity index is 764. The van der Waals surface area contributed by atoms with Crippen molar-refractivity contribution in [3.8, 4) is 0 Å². The number of carbonyl (C=O) groups excluding carboxylic acids is 1. The minimum absolute atomic E-state index is 0.124. The van der Waals surface area contributed by atoms with Gasteiger partial charge in [0, 0.05) is 5.39 Å². The van der Waals surface area contributed by atoms with E-state index in [2.05, 4.69) is 20.5 Å². The lowest BCUT2D eigenvalue weighted by Crippen LogP contribution is -2.27. The van der Waals surface area contributed by atoms with E-state index in [1.807, 2.05) is 37.3 Å². The van der Waals surface area contributed by atoms with Crippen LogP contribution in [0.4, 0.5) is 5.95 Å². The summed E-state index contributed by atoms with van der Waals surface area (Å²) >= 11 is 1.22. The number of amides is 1. The number of carbonyl (C=O) groups is 1. The molecule has 1 atom stereocenters. The monoisotopic (exact) mass is 317 g/mol. The molecule has 2 aromatic heterocycles. The van der Waals surface area contributed by atoms with Crippen LogP contribution < -0.4 is 11.1 Å². The zero-order valence-electron chi connectivity index (χ0n) is 11.9. The molecule has 0 unspecified atom stereocenters. The number of thioether (sulfide) groups is 1. The second-order valence-electron chi connectivity index (χ2n) is 4.77. The highest BCUT2D eigenvalue weighted by atomic mass is 32.2. The molecule has 114 valence electrons. The first-order chi connectivity index (χ1) is 10.6. The summed E-state index contributed by atoms with van der Waals surface area (Å²) in [6.45, 7) is 1.88. The molecule has 0 bridgehead atoms. The highest BCUT2D eigenvalue weighted by molar-refractivity contribution is 7.99. The van der Waals surface area contributed by atoms with Crippen LogP contribution >= 0.6 is 11.8 Å². The number of rotatable bonds is 5. The lowest BCUT2D eigenvalue weighted by molar-refractivity contribution is -0.119. The molecule has 2 heterocycles. The summed E-state index contributed by atoms with van der Waals surface area (Å²) in [5.74, 6) is 1.04. The zero-order chi connectivity index (χ0) is 15.5. The van der Waals surface area contributed by atoms with Crippen LogP contribution in [0, 0.1) is 0 Å². The molecule has 3 rings (SSSR count). The average Bonchev–Trinajstić information content (AvgIpc) is 3.11. The largest absolute Gasteiger partial charge is 0.459 e. The summed E-state index contributed by atoms with van der Waals surface area (Å²) in [7, 11) is 0. The number of aromatic amines is 1. The van der Waals surface area contributed by atoms with Gasteiger partial charge >= 0.3 is 0 Å². The van der Waals surface area contributed by atoms with Gasteiger partial charge in [-0.3, -0.25) is 4.79 Å². The first-order valence-corrected chi connectivity index (χ1v) is 7.69. The van der Waals surface area contributed by atoms with E-state index in [4.69, 9.17) is 10.2 Å².